The molecule has 1 heterocycles. The normalized spacial score (nSPS) is 25.2. The van der Waals surface area contributed by atoms with Gasteiger partial charge in [-0.2, -0.15) is 5.26 Å². The zero-order valence-corrected chi connectivity index (χ0v) is 10.2. The maximum atomic E-state index is 9.03. The number of nitriles is 1. The summed E-state index contributed by atoms with van der Waals surface area (Å²) in [6.45, 7) is 5.68. The number of nitrogens with one attached hydrogen (secondary N) is 1. The molecule has 1 atom stereocenters. The molecule has 0 aromatic heterocycles. The van der Waals surface area contributed by atoms with E-state index in [2.05, 4.69) is 28.2 Å². The summed E-state index contributed by atoms with van der Waals surface area (Å²) in [5.74, 6) is 0. The first kappa shape index (κ1) is 11.8. The number of hydrogen-bond donors (Lipinski definition) is 1. The van der Waals surface area contributed by atoms with E-state index >= 15 is 0 Å². The molecule has 0 radical (unpaired) electrons. The van der Waals surface area contributed by atoms with Crippen LogP contribution in [-0.4, -0.2) is 61.7 Å². The van der Waals surface area contributed by atoms with E-state index in [4.69, 9.17) is 5.26 Å². The highest BCUT2D eigenvalue weighted by Gasteiger charge is 2.24. The third-order valence-electron chi connectivity index (χ3n) is 3.50. The van der Waals surface area contributed by atoms with Gasteiger partial charge in [0.1, 0.15) is 0 Å². The van der Waals surface area contributed by atoms with Gasteiger partial charge in [0.25, 0.3) is 0 Å². The third-order valence-corrected chi connectivity index (χ3v) is 3.50. The summed E-state index contributed by atoms with van der Waals surface area (Å²) >= 11 is 0. The van der Waals surface area contributed by atoms with Crippen molar-refractivity contribution in [1.82, 2.24) is 15.1 Å². The summed E-state index contributed by atoms with van der Waals surface area (Å²) in [5, 5.41) is 12.4. The lowest BCUT2D eigenvalue weighted by Gasteiger charge is -2.32. The van der Waals surface area contributed by atoms with E-state index in [0.29, 0.717) is 6.04 Å². The Balaban J connectivity index is 1.63. The van der Waals surface area contributed by atoms with E-state index in [1.807, 2.05) is 0 Å². The fourth-order valence-corrected chi connectivity index (χ4v) is 2.10. The minimum Gasteiger partial charge on any atom is -0.304 e. The summed E-state index contributed by atoms with van der Waals surface area (Å²) in [7, 11) is 2.17. The largest absolute Gasteiger partial charge is 0.304 e. The van der Waals surface area contributed by atoms with Crippen LogP contribution in [0.5, 0.6) is 0 Å². The van der Waals surface area contributed by atoms with E-state index in [-0.39, 0.29) is 6.04 Å². The number of piperazine rings is 1. The van der Waals surface area contributed by atoms with Gasteiger partial charge in [0.15, 0.2) is 0 Å². The van der Waals surface area contributed by atoms with Gasteiger partial charge >= 0.3 is 0 Å². The molecule has 0 aromatic rings. The molecule has 2 fully saturated rings. The molecule has 1 saturated carbocycles. The maximum Gasteiger partial charge on any atom is 0.0967 e. The summed E-state index contributed by atoms with van der Waals surface area (Å²) in [4.78, 5) is 4.83. The van der Waals surface area contributed by atoms with Gasteiger partial charge < -0.3 is 9.80 Å². The molecule has 2 aliphatic rings. The van der Waals surface area contributed by atoms with Crippen LogP contribution in [0.3, 0.4) is 0 Å². The lowest BCUT2D eigenvalue weighted by atomic mass is 10.2. The van der Waals surface area contributed by atoms with Crippen LogP contribution in [0.25, 0.3) is 0 Å². The van der Waals surface area contributed by atoms with Crippen molar-refractivity contribution in [2.45, 2.75) is 31.3 Å². The van der Waals surface area contributed by atoms with Crippen molar-refractivity contribution in [2.24, 2.45) is 0 Å². The quantitative estimate of drug-likeness (QED) is 0.725. The van der Waals surface area contributed by atoms with Crippen LogP contribution in [0, 0.1) is 11.3 Å². The van der Waals surface area contributed by atoms with Gasteiger partial charge in [-0.15, -0.1) is 0 Å². The monoisotopic (exact) mass is 222 g/mol. The number of hydrogen-bond acceptors (Lipinski definition) is 4. The van der Waals surface area contributed by atoms with Crippen molar-refractivity contribution in [3.05, 3.63) is 0 Å². The van der Waals surface area contributed by atoms with Crippen LogP contribution in [-0.2, 0) is 0 Å². The molecule has 2 rings (SSSR count). The Labute approximate surface area is 98.2 Å². The van der Waals surface area contributed by atoms with Crippen molar-refractivity contribution < 1.29 is 0 Å². The van der Waals surface area contributed by atoms with Gasteiger partial charge in [0, 0.05) is 38.8 Å². The lowest BCUT2D eigenvalue weighted by molar-refractivity contribution is 0.150. The van der Waals surface area contributed by atoms with Crippen LogP contribution in [0.15, 0.2) is 0 Å². The molecule has 1 aliphatic carbocycles. The summed E-state index contributed by atoms with van der Waals surface area (Å²) in [5.41, 5.74) is 0. The first-order valence-electron chi connectivity index (χ1n) is 6.34. The highest BCUT2D eigenvalue weighted by molar-refractivity contribution is 4.96. The average molecular weight is 222 g/mol. The molecule has 0 amide bonds. The summed E-state index contributed by atoms with van der Waals surface area (Å²) in [6.07, 6.45) is 3.48. The highest BCUT2D eigenvalue weighted by Crippen LogP contribution is 2.19. The zero-order chi connectivity index (χ0) is 11.4. The molecule has 16 heavy (non-hydrogen) atoms. The fourth-order valence-electron chi connectivity index (χ4n) is 2.10. The molecular weight excluding hydrogens is 200 g/mol. The molecule has 0 aromatic carbocycles. The molecule has 4 nitrogen and oxygen atoms in total. The van der Waals surface area contributed by atoms with E-state index in [9.17, 15) is 0 Å². The van der Waals surface area contributed by atoms with Crippen molar-refractivity contribution >= 4 is 0 Å². The first-order valence-corrected chi connectivity index (χ1v) is 6.34. The second kappa shape index (κ2) is 5.62. The fraction of sp³-hybridized carbons (Fsp3) is 0.917. The molecule has 0 spiro atoms. The van der Waals surface area contributed by atoms with Crippen LogP contribution in [0.4, 0.5) is 0 Å². The zero-order valence-electron chi connectivity index (χ0n) is 10.2. The second-order valence-electron chi connectivity index (χ2n) is 5.06. The Kier molecular flexibility index (Phi) is 4.16. The minimum absolute atomic E-state index is 0.0622. The molecule has 4 heteroatoms. The minimum atomic E-state index is 0.0622. The lowest BCUT2D eigenvalue weighted by Crippen LogP contribution is -2.45. The Morgan fingerprint density at radius 2 is 2.00 bits per heavy atom. The van der Waals surface area contributed by atoms with Crippen molar-refractivity contribution in [2.75, 3.05) is 39.8 Å². The van der Waals surface area contributed by atoms with Gasteiger partial charge in [0.2, 0.25) is 0 Å². The molecule has 1 N–H and O–H groups in total. The Morgan fingerprint density at radius 1 is 1.31 bits per heavy atom. The molecule has 1 saturated heterocycles. The molecule has 0 bridgehead atoms. The van der Waals surface area contributed by atoms with Crippen LogP contribution in [0.2, 0.25) is 0 Å². The van der Waals surface area contributed by atoms with Gasteiger partial charge in [-0.25, -0.2) is 0 Å². The number of likely N-dealkylation sites (N-methyl/N-ethyl adjacent to an activating group) is 1. The van der Waals surface area contributed by atoms with Crippen molar-refractivity contribution in [1.29, 1.82) is 5.26 Å². The van der Waals surface area contributed by atoms with Gasteiger partial charge in [-0.05, 0) is 26.3 Å². The SMILES string of the molecule is CN1CCN(CCC(C#N)NC2CC2)CC1. The predicted molar refractivity (Wildman–Crippen MR) is 64.1 cm³/mol. The van der Waals surface area contributed by atoms with Crippen LogP contribution in [0.1, 0.15) is 19.3 Å². The van der Waals surface area contributed by atoms with E-state index in [1.54, 1.807) is 0 Å². The Morgan fingerprint density at radius 3 is 2.56 bits per heavy atom. The third kappa shape index (κ3) is 3.75. The summed E-state index contributed by atoms with van der Waals surface area (Å²) < 4.78 is 0. The maximum absolute atomic E-state index is 9.03. The smallest absolute Gasteiger partial charge is 0.0967 e. The van der Waals surface area contributed by atoms with Crippen LogP contribution >= 0.6 is 0 Å². The van der Waals surface area contributed by atoms with Gasteiger partial charge in [-0.3, -0.25) is 5.32 Å². The standard InChI is InChI=1S/C12H22N4/c1-15-6-8-16(9-7-15)5-4-12(10-13)14-11-2-3-11/h11-12,14H,2-9H2,1H3. The predicted octanol–water partition coefficient (Wildman–Crippen LogP) is 0.268. The Bertz CT molecular complexity index is 248. The van der Waals surface area contributed by atoms with Gasteiger partial charge in [-0.1, -0.05) is 0 Å². The van der Waals surface area contributed by atoms with Gasteiger partial charge in [0.05, 0.1) is 12.1 Å². The van der Waals surface area contributed by atoms with E-state index < -0.39 is 0 Å². The Hall–Kier alpha value is -0.630. The topological polar surface area (TPSA) is 42.3 Å². The van der Waals surface area contributed by atoms with E-state index in [0.717, 1.165) is 39.1 Å². The molecule has 90 valence electrons. The number of rotatable bonds is 5. The average Bonchev–Trinajstić information content (AvgIpc) is 3.10. The molecule has 1 aliphatic heterocycles. The molecular formula is C12H22N4. The number of nitrogens with zero attached hydrogens (tertiary/aromatic N) is 3. The summed E-state index contributed by atoms with van der Waals surface area (Å²) in [6, 6.07) is 3.07. The van der Waals surface area contributed by atoms with Crippen molar-refractivity contribution in [3.8, 4) is 6.07 Å². The highest BCUT2D eigenvalue weighted by atomic mass is 15.2. The molecule has 1 unspecified atom stereocenters. The first-order chi connectivity index (χ1) is 7.78. The van der Waals surface area contributed by atoms with Crippen molar-refractivity contribution in [3.63, 3.8) is 0 Å². The van der Waals surface area contributed by atoms with E-state index in [1.165, 1.54) is 12.8 Å². The second-order valence-corrected chi connectivity index (χ2v) is 5.06. The van der Waals surface area contributed by atoms with Crippen LogP contribution < -0.4 is 5.32 Å².